The molecular formula is C41H71N3O8. The van der Waals surface area contributed by atoms with Crippen molar-refractivity contribution in [2.75, 3.05) is 53.4 Å². The van der Waals surface area contributed by atoms with Gasteiger partial charge in [0.2, 0.25) is 0 Å². The molecule has 12 atom stereocenters. The quantitative estimate of drug-likeness (QED) is 0.295. The summed E-state index contributed by atoms with van der Waals surface area (Å²) in [6.45, 7) is 15.3. The Morgan fingerprint density at radius 3 is 2.15 bits per heavy atom. The Labute approximate surface area is 313 Å². The van der Waals surface area contributed by atoms with Gasteiger partial charge in [0.05, 0.1) is 36.9 Å². The molecule has 298 valence electrons. The van der Waals surface area contributed by atoms with Gasteiger partial charge in [0.25, 0.3) is 0 Å². The van der Waals surface area contributed by atoms with Crippen LogP contribution in [0.3, 0.4) is 0 Å². The molecule has 0 aliphatic carbocycles. The molecule has 0 amide bonds. The normalized spacial score (nSPS) is 40.2. The molecule has 3 saturated heterocycles. The van der Waals surface area contributed by atoms with Gasteiger partial charge < -0.3 is 44.2 Å². The van der Waals surface area contributed by atoms with Crippen LogP contribution in [0.2, 0.25) is 0 Å². The van der Waals surface area contributed by atoms with Gasteiger partial charge in [-0.3, -0.25) is 9.59 Å². The van der Waals surface area contributed by atoms with Gasteiger partial charge in [-0.1, -0.05) is 51.3 Å². The molecule has 6 unspecified atom stereocenters. The van der Waals surface area contributed by atoms with Crippen LogP contribution >= 0.6 is 0 Å². The number of esters is 1. The van der Waals surface area contributed by atoms with E-state index in [0.717, 1.165) is 70.5 Å². The molecule has 3 N–H and O–H groups in total. The van der Waals surface area contributed by atoms with E-state index in [4.69, 9.17) is 14.2 Å². The van der Waals surface area contributed by atoms with E-state index in [1.807, 2.05) is 33.8 Å². The molecule has 4 aliphatic rings. The first-order valence-electron chi connectivity index (χ1n) is 20.3. The number of piperidine rings is 2. The summed E-state index contributed by atoms with van der Waals surface area (Å²) in [7, 11) is 3.60. The van der Waals surface area contributed by atoms with Gasteiger partial charge in [-0.2, -0.15) is 0 Å². The van der Waals surface area contributed by atoms with Crippen molar-refractivity contribution in [1.82, 2.24) is 14.7 Å². The molecule has 4 heterocycles. The number of likely N-dealkylation sites (tertiary alicyclic amines) is 2. The predicted molar refractivity (Wildman–Crippen MR) is 203 cm³/mol. The third-order valence-electron chi connectivity index (χ3n) is 12.1. The molecule has 11 nitrogen and oxygen atoms in total. The van der Waals surface area contributed by atoms with Crippen LogP contribution in [0.4, 0.5) is 0 Å². The average molecular weight is 734 g/mol. The van der Waals surface area contributed by atoms with Gasteiger partial charge in [0, 0.05) is 24.3 Å². The third-order valence-corrected chi connectivity index (χ3v) is 12.1. The molecule has 0 saturated carbocycles. The Kier molecular flexibility index (Phi) is 17.2. The molecule has 52 heavy (non-hydrogen) atoms. The standard InChI is InChI=1S/C41H71N3O8/c1-8-35-32(26-44-20-13-10-14-21-44)23-27(2)15-16-33(45)28(3)24-31(17-22-43-18-11-9-12-19-43)40(29(4)34(46)25-36(47)51-35)52-41-39(49)37(42(6)7)38(48)30(5)50-41/h15-16,23,28-32,34-35,37-41,46,48-49H,8-14,17-22,24-26H2,1-7H3/b16-15+,27-23+/t28?,29-,30?,31-,32+,34+,35+,37?,38?,39?,40+,41?/m0/s1. The van der Waals surface area contributed by atoms with Crippen molar-refractivity contribution in [3.8, 4) is 0 Å². The van der Waals surface area contributed by atoms with E-state index in [-0.39, 0.29) is 36.1 Å². The summed E-state index contributed by atoms with van der Waals surface area (Å²) in [5.41, 5.74) is 0.954. The van der Waals surface area contributed by atoms with Crippen molar-refractivity contribution in [3.63, 3.8) is 0 Å². The number of ether oxygens (including phenoxy) is 3. The van der Waals surface area contributed by atoms with Crippen LogP contribution in [0.5, 0.6) is 0 Å². The number of hydrogen-bond acceptors (Lipinski definition) is 11. The number of hydrogen-bond donors (Lipinski definition) is 3. The maximum Gasteiger partial charge on any atom is 0.308 e. The lowest BCUT2D eigenvalue weighted by molar-refractivity contribution is -0.304. The number of ketones is 1. The Balaban J connectivity index is 1.68. The average Bonchev–Trinajstić information content (AvgIpc) is 3.12. The van der Waals surface area contributed by atoms with E-state index in [1.54, 1.807) is 32.0 Å². The van der Waals surface area contributed by atoms with Gasteiger partial charge in [-0.15, -0.1) is 0 Å². The van der Waals surface area contributed by atoms with E-state index in [0.29, 0.717) is 19.3 Å². The molecule has 0 radical (unpaired) electrons. The predicted octanol–water partition coefficient (Wildman–Crippen LogP) is 4.18. The number of nitrogens with zero attached hydrogens (tertiary/aromatic N) is 3. The number of carbonyl (C=O) groups is 2. The smallest absolute Gasteiger partial charge is 0.308 e. The van der Waals surface area contributed by atoms with Crippen molar-refractivity contribution in [3.05, 3.63) is 23.8 Å². The van der Waals surface area contributed by atoms with Crippen molar-refractivity contribution in [2.45, 2.75) is 148 Å². The number of aliphatic hydroxyl groups excluding tert-OH is 3. The van der Waals surface area contributed by atoms with E-state index in [9.17, 15) is 24.9 Å². The number of allylic oxidation sites excluding steroid dienone is 3. The molecule has 0 aromatic heterocycles. The number of cyclic esters (lactones) is 1. The number of carbonyl (C=O) groups excluding carboxylic acids is 2. The Bertz CT molecular complexity index is 1170. The molecule has 0 aromatic rings. The van der Waals surface area contributed by atoms with Crippen LogP contribution in [-0.2, 0) is 23.8 Å². The van der Waals surface area contributed by atoms with Crippen molar-refractivity contribution >= 4 is 11.8 Å². The highest BCUT2D eigenvalue weighted by Crippen LogP contribution is 2.35. The fourth-order valence-electron chi connectivity index (χ4n) is 8.83. The summed E-state index contributed by atoms with van der Waals surface area (Å²) in [6, 6.07) is -0.632. The van der Waals surface area contributed by atoms with Crippen molar-refractivity contribution in [2.24, 2.45) is 23.7 Å². The van der Waals surface area contributed by atoms with E-state index in [2.05, 4.69) is 15.9 Å². The highest BCUT2D eigenvalue weighted by atomic mass is 16.7. The molecule has 0 aromatic carbocycles. The first kappa shape index (κ1) is 43.0. The van der Waals surface area contributed by atoms with Crippen molar-refractivity contribution in [1.29, 1.82) is 0 Å². The maximum absolute atomic E-state index is 13.8. The fraction of sp³-hybridized carbons (Fsp3) is 0.854. The Morgan fingerprint density at radius 1 is 0.904 bits per heavy atom. The number of rotatable bonds is 9. The topological polar surface area (TPSA) is 132 Å². The minimum atomic E-state index is -1.17. The molecule has 3 fully saturated rings. The SMILES string of the molecule is CC[C@H]1OC(=O)C[C@@H](O)[C@H](C)[C@@H](OC2OC(C)C(O)C(N(C)C)C2O)[C@@H](CCN2CCCCC2)CC(C)C(=O)/C=C/C(C)=C/[C@@H]1CN1CCCCC1. The summed E-state index contributed by atoms with van der Waals surface area (Å²) < 4.78 is 19.1. The minimum Gasteiger partial charge on any atom is -0.462 e. The fourth-order valence-corrected chi connectivity index (χ4v) is 8.83. The highest BCUT2D eigenvalue weighted by Gasteiger charge is 2.47. The molecular weight excluding hydrogens is 662 g/mol. The van der Waals surface area contributed by atoms with Gasteiger partial charge in [-0.05, 0) is 118 Å². The van der Waals surface area contributed by atoms with Crippen LogP contribution in [0, 0.1) is 23.7 Å². The number of likely N-dealkylation sites (N-methyl/N-ethyl adjacent to an activating group) is 1. The second-order valence-electron chi connectivity index (χ2n) is 16.6. The monoisotopic (exact) mass is 734 g/mol. The summed E-state index contributed by atoms with van der Waals surface area (Å²) in [5, 5.41) is 34.2. The molecule has 4 rings (SSSR count). The summed E-state index contributed by atoms with van der Waals surface area (Å²) in [4.78, 5) is 34.1. The van der Waals surface area contributed by atoms with E-state index in [1.165, 1.54) is 12.8 Å². The summed E-state index contributed by atoms with van der Waals surface area (Å²) in [5.74, 6) is -1.58. The van der Waals surface area contributed by atoms with Gasteiger partial charge in [0.15, 0.2) is 12.1 Å². The molecule has 0 bridgehead atoms. The van der Waals surface area contributed by atoms with Crippen LogP contribution in [-0.4, -0.2) is 144 Å². The zero-order valence-electron chi connectivity index (χ0n) is 33.2. The molecule has 11 heteroatoms. The Hall–Kier alpha value is -1.70. The Morgan fingerprint density at radius 2 is 1.54 bits per heavy atom. The third kappa shape index (κ3) is 12.2. The second-order valence-corrected chi connectivity index (χ2v) is 16.6. The van der Waals surface area contributed by atoms with Crippen LogP contribution < -0.4 is 0 Å². The number of aliphatic hydroxyl groups is 3. The first-order valence-corrected chi connectivity index (χ1v) is 20.3. The van der Waals surface area contributed by atoms with Crippen LogP contribution in [0.1, 0.15) is 98.8 Å². The molecule has 4 aliphatic heterocycles. The van der Waals surface area contributed by atoms with E-state index < -0.39 is 54.7 Å². The zero-order valence-corrected chi connectivity index (χ0v) is 33.2. The largest absolute Gasteiger partial charge is 0.462 e. The van der Waals surface area contributed by atoms with E-state index >= 15 is 0 Å². The molecule has 0 spiro atoms. The van der Waals surface area contributed by atoms with Gasteiger partial charge in [-0.25, -0.2) is 0 Å². The summed E-state index contributed by atoms with van der Waals surface area (Å²) in [6.07, 6.45) is 8.49. The van der Waals surface area contributed by atoms with Crippen molar-refractivity contribution < 1.29 is 39.1 Å². The first-order chi connectivity index (χ1) is 24.8. The zero-order chi connectivity index (χ0) is 37.9. The lowest BCUT2D eigenvalue weighted by atomic mass is 9.79. The van der Waals surface area contributed by atoms with Crippen LogP contribution in [0.15, 0.2) is 23.8 Å². The lowest BCUT2D eigenvalue weighted by Crippen LogP contribution is -2.63. The highest BCUT2D eigenvalue weighted by molar-refractivity contribution is 5.91. The summed E-state index contributed by atoms with van der Waals surface area (Å²) >= 11 is 0. The second kappa shape index (κ2) is 20.8. The minimum absolute atomic E-state index is 0.0270. The van der Waals surface area contributed by atoms with Gasteiger partial charge in [0.1, 0.15) is 12.2 Å². The maximum atomic E-state index is 13.8. The van der Waals surface area contributed by atoms with Crippen LogP contribution in [0.25, 0.3) is 0 Å². The lowest BCUT2D eigenvalue weighted by Gasteiger charge is -2.47. The van der Waals surface area contributed by atoms with Gasteiger partial charge >= 0.3 is 5.97 Å².